The lowest BCUT2D eigenvalue weighted by Gasteiger charge is -2.55. The molecule has 4 atom stereocenters. The number of anilines is 1. The Hall–Kier alpha value is -3.72. The van der Waals surface area contributed by atoms with E-state index in [0.717, 1.165) is 73.7 Å². The number of pyridine rings is 2. The number of nitrogens with one attached hydrogen (secondary N) is 1. The molecule has 4 saturated heterocycles. The molecule has 11 nitrogen and oxygen atoms in total. The highest BCUT2D eigenvalue weighted by atomic mass is 16.7. The van der Waals surface area contributed by atoms with Gasteiger partial charge in [-0.2, -0.15) is 10.4 Å². The van der Waals surface area contributed by atoms with E-state index in [1.54, 1.807) is 10.7 Å². The number of ether oxygens (including phenoxy) is 2. The zero-order valence-corrected chi connectivity index (χ0v) is 24.9. The maximum absolute atomic E-state index is 12.6. The van der Waals surface area contributed by atoms with E-state index < -0.39 is 0 Å². The quantitative estimate of drug-likeness (QED) is 0.261. The van der Waals surface area contributed by atoms with Crippen LogP contribution in [-0.2, 0) is 14.4 Å². The molecule has 44 heavy (non-hydrogen) atoms. The predicted molar refractivity (Wildman–Crippen MR) is 162 cm³/mol. The van der Waals surface area contributed by atoms with Crippen LogP contribution in [-0.4, -0.2) is 82.5 Å². The van der Waals surface area contributed by atoms with Crippen molar-refractivity contribution >= 4 is 17.2 Å². The lowest BCUT2D eigenvalue weighted by Crippen LogP contribution is -2.63. The summed E-state index contributed by atoms with van der Waals surface area (Å²) < 4.78 is 13.7. The van der Waals surface area contributed by atoms with E-state index in [4.69, 9.17) is 19.3 Å². The molecule has 9 rings (SSSR count). The van der Waals surface area contributed by atoms with E-state index in [-0.39, 0.29) is 11.8 Å². The number of fused-ring (bicyclic) bond motifs is 5. The van der Waals surface area contributed by atoms with E-state index in [9.17, 15) is 10.1 Å². The van der Waals surface area contributed by atoms with Gasteiger partial charge in [0.2, 0.25) is 5.91 Å². The van der Waals surface area contributed by atoms with Crippen molar-refractivity contribution in [1.82, 2.24) is 25.0 Å². The molecule has 6 aliphatic rings. The van der Waals surface area contributed by atoms with E-state index in [1.807, 2.05) is 18.5 Å². The fourth-order valence-corrected chi connectivity index (χ4v) is 7.75. The number of nitriles is 1. The van der Waals surface area contributed by atoms with Gasteiger partial charge < -0.3 is 14.4 Å². The molecule has 4 bridgehead atoms. The highest BCUT2D eigenvalue weighted by Crippen LogP contribution is 2.44. The average molecular weight is 598 g/mol. The minimum atomic E-state index is -0.0141. The number of rotatable bonds is 11. The topological polar surface area (TPSA) is 117 Å². The van der Waals surface area contributed by atoms with Crippen molar-refractivity contribution < 1.29 is 19.1 Å². The Labute approximate surface area is 257 Å². The Morgan fingerprint density at radius 3 is 2.61 bits per heavy atom. The largest absolute Gasteiger partial charge is 0.492 e. The molecule has 2 aliphatic carbocycles. The number of carbonyl (C=O) groups is 1. The van der Waals surface area contributed by atoms with Crippen LogP contribution >= 0.6 is 0 Å². The molecule has 4 unspecified atom stereocenters. The first-order valence-corrected chi connectivity index (χ1v) is 16.2. The third-order valence-corrected chi connectivity index (χ3v) is 10.3. The standard InChI is InChI=1S/C33H39N7O4/c34-14-24-16-36-39-17-29(43-9-1-8-38-25-5-6-26(38)20-42-19-25)13-30(32(24)39)22-4-7-31(35-15-22)40-27-10-23(11-28(40)12-27)33(41)37-44-18-21-2-3-21/h4,7,13,15-17,21,23,25-28H,1-3,5-6,8-12,18-20H2,(H,37,41). The summed E-state index contributed by atoms with van der Waals surface area (Å²) in [6.45, 7) is 3.93. The van der Waals surface area contributed by atoms with Crippen LogP contribution in [0.25, 0.3) is 16.6 Å². The molecule has 1 N–H and O–H groups in total. The summed E-state index contributed by atoms with van der Waals surface area (Å²) >= 11 is 0. The van der Waals surface area contributed by atoms with Crippen LogP contribution in [0.2, 0.25) is 0 Å². The number of hydrogen-bond acceptors (Lipinski definition) is 9. The number of piperidine rings is 1. The number of carbonyl (C=O) groups excluding carboxylic acids is 1. The summed E-state index contributed by atoms with van der Waals surface area (Å²) in [5.74, 6) is 2.26. The second-order valence-electron chi connectivity index (χ2n) is 13.2. The van der Waals surface area contributed by atoms with Gasteiger partial charge in [0.15, 0.2) is 0 Å². The molecule has 2 saturated carbocycles. The smallest absolute Gasteiger partial charge is 0.246 e. The molecule has 11 heteroatoms. The maximum atomic E-state index is 12.6. The second-order valence-corrected chi connectivity index (χ2v) is 13.2. The molecule has 3 aromatic rings. The third kappa shape index (κ3) is 5.29. The van der Waals surface area contributed by atoms with Crippen molar-refractivity contribution in [2.24, 2.45) is 11.8 Å². The molecule has 0 spiro atoms. The highest BCUT2D eigenvalue weighted by Gasteiger charge is 2.48. The van der Waals surface area contributed by atoms with Crippen LogP contribution in [0.5, 0.6) is 5.75 Å². The molecule has 6 fully saturated rings. The average Bonchev–Trinajstić information content (AvgIpc) is 3.74. The lowest BCUT2D eigenvalue weighted by molar-refractivity contribution is -0.140. The summed E-state index contributed by atoms with van der Waals surface area (Å²) in [5.41, 5.74) is 5.72. The van der Waals surface area contributed by atoms with Crippen LogP contribution < -0.4 is 15.1 Å². The lowest BCUT2D eigenvalue weighted by atomic mass is 9.73. The Morgan fingerprint density at radius 1 is 1.07 bits per heavy atom. The molecule has 0 aromatic carbocycles. The third-order valence-electron chi connectivity index (χ3n) is 10.3. The molecular formula is C33H39N7O4. The van der Waals surface area contributed by atoms with Crippen LogP contribution in [0.4, 0.5) is 5.82 Å². The summed E-state index contributed by atoms with van der Waals surface area (Å²) in [7, 11) is 0. The fourth-order valence-electron chi connectivity index (χ4n) is 7.75. The first-order chi connectivity index (χ1) is 21.6. The van der Waals surface area contributed by atoms with Gasteiger partial charge in [-0.25, -0.2) is 15.0 Å². The van der Waals surface area contributed by atoms with Gasteiger partial charge in [-0.05, 0) is 75.5 Å². The van der Waals surface area contributed by atoms with Crippen molar-refractivity contribution in [2.45, 2.75) is 75.5 Å². The number of hydroxylamine groups is 1. The molecular weight excluding hydrogens is 558 g/mol. The molecule has 0 radical (unpaired) electrons. The number of amides is 1. The van der Waals surface area contributed by atoms with Crippen molar-refractivity contribution in [2.75, 3.05) is 37.9 Å². The van der Waals surface area contributed by atoms with Crippen LogP contribution in [0.1, 0.15) is 56.9 Å². The van der Waals surface area contributed by atoms with Crippen LogP contribution in [0, 0.1) is 23.2 Å². The monoisotopic (exact) mass is 597 g/mol. The summed E-state index contributed by atoms with van der Waals surface area (Å²) in [6, 6.07) is 10.1. The number of aromatic nitrogens is 3. The van der Waals surface area contributed by atoms with Crippen LogP contribution in [0.3, 0.4) is 0 Å². The van der Waals surface area contributed by atoms with Gasteiger partial charge in [-0.15, -0.1) is 0 Å². The first-order valence-electron chi connectivity index (χ1n) is 16.2. The number of nitrogens with zero attached hydrogens (tertiary/aromatic N) is 6. The first kappa shape index (κ1) is 27.8. The molecule has 7 heterocycles. The van der Waals surface area contributed by atoms with Gasteiger partial charge >= 0.3 is 0 Å². The van der Waals surface area contributed by atoms with E-state index >= 15 is 0 Å². The van der Waals surface area contributed by atoms with Crippen molar-refractivity contribution in [3.8, 4) is 22.9 Å². The van der Waals surface area contributed by atoms with Crippen molar-refractivity contribution in [1.29, 1.82) is 5.26 Å². The van der Waals surface area contributed by atoms with E-state index in [2.05, 4.69) is 38.6 Å². The van der Waals surface area contributed by atoms with Gasteiger partial charge in [0.25, 0.3) is 0 Å². The molecule has 1 amide bonds. The molecule has 4 aliphatic heterocycles. The summed E-state index contributed by atoms with van der Waals surface area (Å²) in [6.07, 6.45) is 13.8. The zero-order valence-electron chi connectivity index (χ0n) is 24.9. The fraction of sp³-hybridized carbons (Fsp3) is 0.576. The molecule has 3 aromatic heterocycles. The van der Waals surface area contributed by atoms with Gasteiger partial charge in [-0.1, -0.05) is 0 Å². The SMILES string of the molecule is N#Cc1cnn2cc(OCCCN3C4CCC3COC4)cc(-c3ccc(N4C5CC(C(=O)NOCC6CC6)CC4C5)nc3)c12. The highest BCUT2D eigenvalue weighted by molar-refractivity contribution is 5.85. The van der Waals surface area contributed by atoms with Crippen molar-refractivity contribution in [3.05, 3.63) is 42.4 Å². The Balaban J connectivity index is 0.933. The number of hydrogen-bond donors (Lipinski definition) is 1. The Bertz CT molecular complexity index is 1540. The normalized spacial score (nSPS) is 27.6. The maximum Gasteiger partial charge on any atom is 0.246 e. The van der Waals surface area contributed by atoms with Gasteiger partial charge in [0.1, 0.15) is 17.6 Å². The zero-order chi connectivity index (χ0) is 29.6. The van der Waals surface area contributed by atoms with Crippen LogP contribution in [0.15, 0.2) is 36.8 Å². The Morgan fingerprint density at radius 2 is 1.89 bits per heavy atom. The van der Waals surface area contributed by atoms with Crippen molar-refractivity contribution in [3.63, 3.8) is 0 Å². The molecule has 230 valence electrons. The Kier molecular flexibility index (Phi) is 7.36. The minimum absolute atomic E-state index is 0.0109. The second kappa shape index (κ2) is 11.7. The van der Waals surface area contributed by atoms with Gasteiger partial charge in [0.05, 0.1) is 49.9 Å². The minimum Gasteiger partial charge on any atom is -0.492 e. The predicted octanol–water partition coefficient (Wildman–Crippen LogP) is 3.72. The van der Waals surface area contributed by atoms with E-state index in [0.29, 0.717) is 48.9 Å². The number of morpholine rings is 1. The summed E-state index contributed by atoms with van der Waals surface area (Å²) in [4.78, 5) is 27.9. The van der Waals surface area contributed by atoms with Gasteiger partial charge in [-0.3, -0.25) is 14.5 Å². The summed E-state index contributed by atoms with van der Waals surface area (Å²) in [5, 5.41) is 14.2. The van der Waals surface area contributed by atoms with E-state index in [1.165, 1.54) is 25.7 Å². The van der Waals surface area contributed by atoms with Gasteiger partial charge in [0, 0.05) is 54.0 Å².